The summed E-state index contributed by atoms with van der Waals surface area (Å²) in [6.07, 6.45) is 2.02. The van der Waals surface area contributed by atoms with E-state index in [-0.39, 0.29) is 17.2 Å². The molecule has 1 saturated carbocycles. The third kappa shape index (κ3) is 3.36. The summed E-state index contributed by atoms with van der Waals surface area (Å²) in [4.78, 5) is 33.6. The molecule has 0 spiro atoms. The Kier molecular flexibility index (Phi) is 4.21. The molecule has 0 radical (unpaired) electrons. The SMILES string of the molecule is CCc1ccc(C(=O)NC(C(=O)O)C2CC2)cc1[N+](=O)[O-]. The molecular formula is C14H16N2O5. The van der Waals surface area contributed by atoms with Crippen LogP contribution in [0.25, 0.3) is 0 Å². The lowest BCUT2D eigenvalue weighted by molar-refractivity contribution is -0.385. The lowest BCUT2D eigenvalue weighted by Crippen LogP contribution is -2.42. The van der Waals surface area contributed by atoms with E-state index in [1.54, 1.807) is 6.92 Å². The zero-order valence-electron chi connectivity index (χ0n) is 11.5. The molecule has 1 aliphatic carbocycles. The molecule has 2 N–H and O–H groups in total. The van der Waals surface area contributed by atoms with E-state index in [2.05, 4.69) is 5.32 Å². The molecule has 0 saturated heterocycles. The minimum atomic E-state index is -1.08. The number of nitro benzene ring substituents is 1. The van der Waals surface area contributed by atoms with E-state index in [0.29, 0.717) is 12.0 Å². The van der Waals surface area contributed by atoms with Gasteiger partial charge in [-0.05, 0) is 31.2 Å². The predicted octanol–water partition coefficient (Wildman–Crippen LogP) is 1.75. The maximum Gasteiger partial charge on any atom is 0.326 e. The Morgan fingerprint density at radius 2 is 2.14 bits per heavy atom. The lowest BCUT2D eigenvalue weighted by atomic mass is 10.1. The van der Waals surface area contributed by atoms with Crippen molar-refractivity contribution in [3.63, 3.8) is 0 Å². The predicted molar refractivity (Wildman–Crippen MR) is 74.1 cm³/mol. The number of hydrogen-bond acceptors (Lipinski definition) is 4. The molecule has 21 heavy (non-hydrogen) atoms. The smallest absolute Gasteiger partial charge is 0.326 e. The summed E-state index contributed by atoms with van der Waals surface area (Å²) in [6, 6.07) is 3.27. The van der Waals surface area contributed by atoms with Gasteiger partial charge in [0, 0.05) is 17.2 Å². The molecule has 1 atom stereocenters. The first kappa shape index (κ1) is 15.0. The number of nitrogens with one attached hydrogen (secondary N) is 1. The van der Waals surface area contributed by atoms with Gasteiger partial charge in [0.15, 0.2) is 0 Å². The fourth-order valence-electron chi connectivity index (χ4n) is 2.21. The Morgan fingerprint density at radius 1 is 1.48 bits per heavy atom. The molecule has 0 bridgehead atoms. The van der Waals surface area contributed by atoms with Crippen LogP contribution >= 0.6 is 0 Å². The number of nitrogens with zero attached hydrogens (tertiary/aromatic N) is 1. The van der Waals surface area contributed by atoms with Crippen molar-refractivity contribution in [2.45, 2.75) is 32.2 Å². The van der Waals surface area contributed by atoms with Gasteiger partial charge in [0.25, 0.3) is 11.6 Å². The summed E-state index contributed by atoms with van der Waals surface area (Å²) in [5.41, 5.74) is 0.516. The molecule has 112 valence electrons. The first-order chi connectivity index (χ1) is 9.93. The van der Waals surface area contributed by atoms with Gasteiger partial charge in [-0.2, -0.15) is 0 Å². The highest BCUT2D eigenvalue weighted by molar-refractivity contribution is 5.97. The molecule has 0 aliphatic heterocycles. The second-order valence-corrected chi connectivity index (χ2v) is 5.08. The fraction of sp³-hybridized carbons (Fsp3) is 0.429. The van der Waals surface area contributed by atoms with Crippen LogP contribution in [-0.4, -0.2) is 27.9 Å². The van der Waals surface area contributed by atoms with Gasteiger partial charge >= 0.3 is 5.97 Å². The second-order valence-electron chi connectivity index (χ2n) is 5.08. The number of carboxylic acids is 1. The molecule has 1 aromatic rings. The first-order valence-corrected chi connectivity index (χ1v) is 6.75. The highest BCUT2D eigenvalue weighted by Gasteiger charge is 2.37. The van der Waals surface area contributed by atoms with Crippen LogP contribution in [-0.2, 0) is 11.2 Å². The first-order valence-electron chi connectivity index (χ1n) is 6.75. The van der Waals surface area contributed by atoms with Crippen molar-refractivity contribution in [2.75, 3.05) is 0 Å². The van der Waals surface area contributed by atoms with Crippen molar-refractivity contribution < 1.29 is 19.6 Å². The molecular weight excluding hydrogens is 276 g/mol. The number of rotatable bonds is 6. The second kappa shape index (κ2) is 5.90. The summed E-state index contributed by atoms with van der Waals surface area (Å²) in [5.74, 6) is -1.72. The molecule has 2 rings (SSSR count). The van der Waals surface area contributed by atoms with E-state index in [9.17, 15) is 19.7 Å². The highest BCUT2D eigenvalue weighted by atomic mass is 16.6. The van der Waals surface area contributed by atoms with E-state index in [1.165, 1.54) is 18.2 Å². The van der Waals surface area contributed by atoms with Gasteiger partial charge in [0.1, 0.15) is 6.04 Å². The Labute approximate surface area is 121 Å². The number of aryl methyl sites for hydroxylation is 1. The highest BCUT2D eigenvalue weighted by Crippen LogP contribution is 2.33. The zero-order chi connectivity index (χ0) is 15.6. The van der Waals surface area contributed by atoms with Gasteiger partial charge < -0.3 is 10.4 Å². The zero-order valence-corrected chi connectivity index (χ0v) is 11.5. The summed E-state index contributed by atoms with van der Waals surface area (Å²) >= 11 is 0. The van der Waals surface area contributed by atoms with Crippen molar-refractivity contribution in [2.24, 2.45) is 5.92 Å². The van der Waals surface area contributed by atoms with Gasteiger partial charge in [-0.3, -0.25) is 14.9 Å². The summed E-state index contributed by atoms with van der Waals surface area (Å²) in [5, 5.41) is 22.5. The van der Waals surface area contributed by atoms with Crippen LogP contribution in [0.3, 0.4) is 0 Å². The number of carbonyl (C=O) groups is 2. The third-order valence-electron chi connectivity index (χ3n) is 3.57. The average Bonchev–Trinajstić information content (AvgIpc) is 3.27. The largest absolute Gasteiger partial charge is 0.480 e. The molecule has 0 heterocycles. The standard InChI is InChI=1S/C14H16N2O5/c1-2-8-3-6-10(7-11(8)16(20)21)13(17)15-12(14(18)19)9-4-5-9/h3,6-7,9,12H,2,4-5H2,1H3,(H,15,17)(H,18,19). The van der Waals surface area contributed by atoms with E-state index in [1.807, 2.05) is 0 Å². The topological polar surface area (TPSA) is 110 Å². The number of hydrogen-bond donors (Lipinski definition) is 2. The number of carboxylic acid groups (broad SMARTS) is 1. The van der Waals surface area contributed by atoms with E-state index in [4.69, 9.17) is 5.11 Å². The van der Waals surface area contributed by atoms with Crippen molar-refractivity contribution in [3.05, 3.63) is 39.4 Å². The molecule has 1 aromatic carbocycles. The summed E-state index contributed by atoms with van der Waals surface area (Å²) < 4.78 is 0. The van der Waals surface area contributed by atoms with Crippen LogP contribution < -0.4 is 5.32 Å². The van der Waals surface area contributed by atoms with Gasteiger partial charge in [-0.1, -0.05) is 13.0 Å². The van der Waals surface area contributed by atoms with Gasteiger partial charge in [0.2, 0.25) is 0 Å². The summed E-state index contributed by atoms with van der Waals surface area (Å²) in [7, 11) is 0. The van der Waals surface area contributed by atoms with Gasteiger partial charge in [-0.25, -0.2) is 4.79 Å². The lowest BCUT2D eigenvalue weighted by Gasteiger charge is -2.13. The fourth-order valence-corrected chi connectivity index (χ4v) is 2.21. The minimum absolute atomic E-state index is 0.0450. The van der Waals surface area contributed by atoms with Crippen LogP contribution in [0.2, 0.25) is 0 Å². The number of nitro groups is 1. The average molecular weight is 292 g/mol. The quantitative estimate of drug-likeness (QED) is 0.613. The molecule has 1 fully saturated rings. The van der Waals surface area contributed by atoms with Crippen molar-refractivity contribution in [1.82, 2.24) is 5.32 Å². The van der Waals surface area contributed by atoms with E-state index >= 15 is 0 Å². The van der Waals surface area contributed by atoms with Crippen molar-refractivity contribution in [1.29, 1.82) is 0 Å². The minimum Gasteiger partial charge on any atom is -0.480 e. The molecule has 1 amide bonds. The Hall–Kier alpha value is -2.44. The number of aliphatic carboxylic acids is 1. The molecule has 1 aliphatic rings. The molecule has 1 unspecified atom stereocenters. The summed E-state index contributed by atoms with van der Waals surface area (Å²) in [6.45, 7) is 1.79. The number of carbonyl (C=O) groups excluding carboxylic acids is 1. The van der Waals surface area contributed by atoms with Crippen molar-refractivity contribution in [3.8, 4) is 0 Å². The maximum absolute atomic E-state index is 12.1. The molecule has 7 heteroatoms. The van der Waals surface area contributed by atoms with Gasteiger partial charge in [0.05, 0.1) is 4.92 Å². The van der Waals surface area contributed by atoms with Crippen LogP contribution in [0.4, 0.5) is 5.69 Å². The monoisotopic (exact) mass is 292 g/mol. The third-order valence-corrected chi connectivity index (χ3v) is 3.57. The normalized spacial score (nSPS) is 15.3. The van der Waals surface area contributed by atoms with Crippen molar-refractivity contribution >= 4 is 17.6 Å². The van der Waals surface area contributed by atoms with Gasteiger partial charge in [-0.15, -0.1) is 0 Å². The number of amides is 1. The van der Waals surface area contributed by atoms with Crippen LogP contribution in [0, 0.1) is 16.0 Å². The van der Waals surface area contributed by atoms with E-state index in [0.717, 1.165) is 12.8 Å². The molecule has 0 aromatic heterocycles. The molecule has 7 nitrogen and oxygen atoms in total. The van der Waals surface area contributed by atoms with Crippen LogP contribution in [0.5, 0.6) is 0 Å². The van der Waals surface area contributed by atoms with Crippen LogP contribution in [0.1, 0.15) is 35.7 Å². The number of benzene rings is 1. The Morgan fingerprint density at radius 3 is 2.62 bits per heavy atom. The Balaban J connectivity index is 2.20. The van der Waals surface area contributed by atoms with E-state index < -0.39 is 22.8 Å². The maximum atomic E-state index is 12.1. The van der Waals surface area contributed by atoms with Crippen LogP contribution in [0.15, 0.2) is 18.2 Å². The Bertz CT molecular complexity index is 595.